The van der Waals surface area contributed by atoms with Crippen LogP contribution < -0.4 is 10.6 Å². The second kappa shape index (κ2) is 5.75. The van der Waals surface area contributed by atoms with Crippen molar-refractivity contribution in [3.63, 3.8) is 0 Å². The fourth-order valence-corrected chi connectivity index (χ4v) is 2.24. The number of hydrogen-bond acceptors (Lipinski definition) is 6. The molecule has 0 atom stereocenters. The summed E-state index contributed by atoms with van der Waals surface area (Å²) in [6.45, 7) is 0.133. The van der Waals surface area contributed by atoms with Gasteiger partial charge < -0.3 is 10.6 Å². The van der Waals surface area contributed by atoms with E-state index in [2.05, 4.69) is 9.97 Å². The van der Waals surface area contributed by atoms with Crippen molar-refractivity contribution < 1.29 is 13.7 Å². The van der Waals surface area contributed by atoms with Crippen molar-refractivity contribution in [1.82, 2.24) is 9.97 Å². The van der Waals surface area contributed by atoms with Crippen molar-refractivity contribution in [2.24, 2.45) is 0 Å². The van der Waals surface area contributed by atoms with Gasteiger partial charge in [0.2, 0.25) is 11.8 Å². The lowest BCUT2D eigenvalue weighted by Crippen LogP contribution is -2.28. The van der Waals surface area contributed by atoms with Gasteiger partial charge in [-0.3, -0.25) is 10.1 Å². The van der Waals surface area contributed by atoms with Crippen LogP contribution >= 0.6 is 0 Å². The SMILES string of the molecule is Nc1nc(N(Cc2ccc(F)cc2F)C2CC2)ncc1[N+](=O)[O-]. The van der Waals surface area contributed by atoms with Crippen molar-refractivity contribution in [2.75, 3.05) is 10.6 Å². The maximum atomic E-state index is 13.8. The molecule has 2 aromatic rings. The molecule has 1 aliphatic carbocycles. The van der Waals surface area contributed by atoms with Gasteiger partial charge in [0.1, 0.15) is 17.8 Å². The third-order valence-electron chi connectivity index (χ3n) is 3.58. The normalized spacial score (nSPS) is 13.8. The van der Waals surface area contributed by atoms with E-state index in [0.717, 1.165) is 25.1 Å². The number of nitrogens with zero attached hydrogens (tertiary/aromatic N) is 4. The Balaban J connectivity index is 1.90. The highest BCUT2D eigenvalue weighted by Crippen LogP contribution is 2.33. The number of nitrogen functional groups attached to an aromatic ring is 1. The van der Waals surface area contributed by atoms with Crippen LogP contribution in [0, 0.1) is 21.7 Å². The average Bonchev–Trinajstić information content (AvgIpc) is 3.30. The molecule has 0 radical (unpaired) electrons. The van der Waals surface area contributed by atoms with Gasteiger partial charge in [0.25, 0.3) is 0 Å². The number of nitro groups is 1. The minimum absolute atomic E-state index is 0.111. The minimum Gasteiger partial charge on any atom is -0.378 e. The van der Waals surface area contributed by atoms with Gasteiger partial charge in [-0.1, -0.05) is 6.07 Å². The van der Waals surface area contributed by atoms with Crippen LogP contribution in [0.4, 0.5) is 26.2 Å². The van der Waals surface area contributed by atoms with Crippen molar-refractivity contribution >= 4 is 17.5 Å². The van der Waals surface area contributed by atoms with Gasteiger partial charge in [-0.05, 0) is 18.9 Å². The minimum atomic E-state index is -0.666. The molecule has 1 aromatic heterocycles. The summed E-state index contributed by atoms with van der Waals surface area (Å²) in [6, 6.07) is 3.45. The summed E-state index contributed by atoms with van der Waals surface area (Å²) >= 11 is 0. The second-order valence-electron chi connectivity index (χ2n) is 5.29. The molecule has 120 valence electrons. The van der Waals surface area contributed by atoms with Crippen LogP contribution in [0.1, 0.15) is 18.4 Å². The highest BCUT2D eigenvalue weighted by atomic mass is 19.1. The quantitative estimate of drug-likeness (QED) is 0.671. The highest BCUT2D eigenvalue weighted by Gasteiger charge is 2.32. The molecule has 3 rings (SSSR count). The van der Waals surface area contributed by atoms with Crippen LogP contribution in [0.2, 0.25) is 0 Å². The first-order chi connectivity index (χ1) is 11.0. The lowest BCUT2D eigenvalue weighted by Gasteiger charge is -2.22. The summed E-state index contributed by atoms with van der Waals surface area (Å²) in [7, 11) is 0. The van der Waals surface area contributed by atoms with E-state index in [1.54, 1.807) is 4.90 Å². The third-order valence-corrected chi connectivity index (χ3v) is 3.58. The Bertz CT molecular complexity index is 767. The van der Waals surface area contributed by atoms with Gasteiger partial charge in [-0.25, -0.2) is 13.8 Å². The molecule has 0 aliphatic heterocycles. The lowest BCUT2D eigenvalue weighted by atomic mass is 10.2. The molecule has 0 bridgehead atoms. The second-order valence-corrected chi connectivity index (χ2v) is 5.29. The Kier molecular flexibility index (Phi) is 3.77. The number of halogens is 2. The van der Waals surface area contributed by atoms with E-state index >= 15 is 0 Å². The van der Waals surface area contributed by atoms with Crippen LogP contribution in [0.25, 0.3) is 0 Å². The van der Waals surface area contributed by atoms with E-state index in [4.69, 9.17) is 5.73 Å². The summed E-state index contributed by atoms with van der Waals surface area (Å²) in [6.07, 6.45) is 2.79. The van der Waals surface area contributed by atoms with Gasteiger partial charge in [0.05, 0.1) is 4.92 Å². The van der Waals surface area contributed by atoms with E-state index in [1.807, 2.05) is 0 Å². The predicted octanol–water partition coefficient (Wildman–Crippen LogP) is 2.41. The molecule has 0 amide bonds. The molecule has 1 heterocycles. The van der Waals surface area contributed by atoms with Crippen molar-refractivity contribution in [1.29, 1.82) is 0 Å². The fourth-order valence-electron chi connectivity index (χ4n) is 2.24. The molecule has 2 N–H and O–H groups in total. The first-order valence-corrected chi connectivity index (χ1v) is 6.93. The summed E-state index contributed by atoms with van der Waals surface area (Å²) in [5, 5.41) is 10.8. The number of aromatic nitrogens is 2. The highest BCUT2D eigenvalue weighted by molar-refractivity contribution is 5.54. The Hall–Kier alpha value is -2.84. The van der Waals surface area contributed by atoms with Crippen LogP contribution in [0.15, 0.2) is 24.4 Å². The summed E-state index contributed by atoms with van der Waals surface area (Å²) in [4.78, 5) is 19.7. The van der Waals surface area contributed by atoms with Crippen LogP contribution in [-0.4, -0.2) is 20.9 Å². The number of hydrogen-bond donors (Lipinski definition) is 1. The predicted molar refractivity (Wildman–Crippen MR) is 78.7 cm³/mol. The molecule has 1 aromatic carbocycles. The monoisotopic (exact) mass is 321 g/mol. The van der Waals surface area contributed by atoms with Gasteiger partial charge in [-0.15, -0.1) is 0 Å². The van der Waals surface area contributed by atoms with E-state index in [9.17, 15) is 18.9 Å². The molecule has 1 fully saturated rings. The van der Waals surface area contributed by atoms with Gasteiger partial charge in [0, 0.05) is 24.2 Å². The van der Waals surface area contributed by atoms with Crippen LogP contribution in [-0.2, 0) is 6.54 Å². The third kappa shape index (κ3) is 3.17. The zero-order valence-electron chi connectivity index (χ0n) is 11.9. The molecule has 1 aliphatic rings. The molecule has 0 spiro atoms. The Morgan fingerprint density at radius 2 is 2.13 bits per heavy atom. The number of benzene rings is 1. The average molecular weight is 321 g/mol. The van der Waals surface area contributed by atoms with E-state index in [-0.39, 0.29) is 30.0 Å². The van der Waals surface area contributed by atoms with Crippen LogP contribution in [0.3, 0.4) is 0 Å². The molecule has 0 saturated heterocycles. The van der Waals surface area contributed by atoms with E-state index in [0.29, 0.717) is 5.56 Å². The summed E-state index contributed by atoms with van der Waals surface area (Å²) in [5.41, 5.74) is 5.49. The summed E-state index contributed by atoms with van der Waals surface area (Å²) in [5.74, 6) is -1.37. The zero-order valence-corrected chi connectivity index (χ0v) is 11.9. The molecular weight excluding hydrogens is 308 g/mol. The molecule has 0 unspecified atom stereocenters. The molecule has 7 nitrogen and oxygen atoms in total. The standard InChI is InChI=1S/C14H13F2N5O2/c15-9-2-1-8(11(16)5-9)7-20(10-3-4-10)14-18-6-12(21(22)23)13(17)19-14/h1-2,5-6,10H,3-4,7H2,(H2,17,18,19). The van der Waals surface area contributed by atoms with Crippen LogP contribution in [0.5, 0.6) is 0 Å². The molecule has 23 heavy (non-hydrogen) atoms. The Labute approximate surface area is 129 Å². The molecule has 9 heteroatoms. The summed E-state index contributed by atoms with van der Waals surface area (Å²) < 4.78 is 26.8. The largest absolute Gasteiger partial charge is 0.378 e. The number of anilines is 2. The molecule has 1 saturated carbocycles. The molecular formula is C14H13F2N5O2. The first kappa shape index (κ1) is 15.1. The lowest BCUT2D eigenvalue weighted by molar-refractivity contribution is -0.384. The fraction of sp³-hybridized carbons (Fsp3) is 0.286. The van der Waals surface area contributed by atoms with Crippen molar-refractivity contribution in [3.8, 4) is 0 Å². The first-order valence-electron chi connectivity index (χ1n) is 6.93. The maximum absolute atomic E-state index is 13.8. The van der Waals surface area contributed by atoms with E-state index in [1.165, 1.54) is 12.1 Å². The Morgan fingerprint density at radius 3 is 2.70 bits per heavy atom. The topological polar surface area (TPSA) is 98.2 Å². The van der Waals surface area contributed by atoms with E-state index < -0.39 is 16.6 Å². The van der Waals surface area contributed by atoms with Gasteiger partial charge >= 0.3 is 5.69 Å². The van der Waals surface area contributed by atoms with Gasteiger partial charge in [-0.2, -0.15) is 4.98 Å². The smallest absolute Gasteiger partial charge is 0.329 e. The van der Waals surface area contributed by atoms with Gasteiger partial charge in [0.15, 0.2) is 0 Å². The van der Waals surface area contributed by atoms with Crippen molar-refractivity contribution in [2.45, 2.75) is 25.4 Å². The number of rotatable bonds is 5. The van der Waals surface area contributed by atoms with Crippen molar-refractivity contribution in [3.05, 3.63) is 51.7 Å². The zero-order chi connectivity index (χ0) is 16.6. The number of nitrogens with two attached hydrogens (primary N) is 1. The Morgan fingerprint density at radius 1 is 1.39 bits per heavy atom. The maximum Gasteiger partial charge on any atom is 0.329 e.